The predicted molar refractivity (Wildman–Crippen MR) is 140 cm³/mol. The second-order valence-corrected chi connectivity index (χ2v) is 9.90. The molecule has 0 fully saturated rings. The summed E-state index contributed by atoms with van der Waals surface area (Å²) in [6.07, 6.45) is 0. The average molecular weight is 503 g/mol. The van der Waals surface area contributed by atoms with Crippen LogP contribution >= 0.6 is 0 Å². The second kappa shape index (κ2) is 10.1. The Balaban J connectivity index is 1.56. The number of benzene rings is 3. The van der Waals surface area contributed by atoms with Gasteiger partial charge in [0, 0.05) is 12.1 Å². The van der Waals surface area contributed by atoms with Gasteiger partial charge in [-0.3, -0.25) is 9.10 Å². The maximum Gasteiger partial charge on any atom is 0.264 e. The highest BCUT2D eigenvalue weighted by atomic mass is 32.2. The van der Waals surface area contributed by atoms with Gasteiger partial charge in [0.05, 0.1) is 27.7 Å². The molecule has 2 N–H and O–H groups in total. The molecule has 0 atom stereocenters. The minimum Gasteiger partial charge on any atom is -0.382 e. The summed E-state index contributed by atoms with van der Waals surface area (Å²) in [4.78, 5) is 11.7. The summed E-state index contributed by atoms with van der Waals surface area (Å²) in [6.45, 7) is 5.24. The number of hydrogen-bond acceptors (Lipinski definition) is 7. The van der Waals surface area contributed by atoms with Crippen molar-refractivity contribution in [3.05, 3.63) is 90.1 Å². The summed E-state index contributed by atoms with van der Waals surface area (Å²) in [6, 6.07) is 22.1. The standard InChI is InChI=1S/C26H26N6O3S/c1-4-31(22-14-10-20(11-15-22)19(3)33)36(34,35)24-16-12-21(13-17-24)28-29-25-18(2)30-32(26(25)27)23-8-6-5-7-9-23/h5-17H,4,27H2,1-3H3. The molecule has 1 aromatic heterocycles. The summed E-state index contributed by atoms with van der Waals surface area (Å²) in [5.41, 5.74) is 9.60. The Bertz CT molecular complexity index is 1510. The van der Waals surface area contributed by atoms with E-state index in [0.717, 1.165) is 5.69 Å². The fourth-order valence-corrected chi connectivity index (χ4v) is 5.17. The first-order chi connectivity index (χ1) is 17.2. The first-order valence-electron chi connectivity index (χ1n) is 11.3. The third-order valence-corrected chi connectivity index (χ3v) is 7.52. The third kappa shape index (κ3) is 4.89. The summed E-state index contributed by atoms with van der Waals surface area (Å²) >= 11 is 0. The number of aromatic nitrogens is 2. The van der Waals surface area contributed by atoms with Crippen LogP contribution in [0.1, 0.15) is 29.9 Å². The van der Waals surface area contributed by atoms with E-state index in [1.54, 1.807) is 54.9 Å². The minimum absolute atomic E-state index is 0.0819. The number of ketones is 1. The molecule has 184 valence electrons. The molecule has 0 unspecified atom stereocenters. The van der Waals surface area contributed by atoms with Crippen LogP contribution in [0.5, 0.6) is 0 Å². The van der Waals surface area contributed by atoms with Gasteiger partial charge in [-0.25, -0.2) is 13.1 Å². The number of Topliss-reactive ketones (excluding diaryl/α,β-unsaturated/α-hetero) is 1. The van der Waals surface area contributed by atoms with Crippen LogP contribution in [0, 0.1) is 6.92 Å². The number of para-hydroxylation sites is 1. The molecule has 0 amide bonds. The van der Waals surface area contributed by atoms with E-state index in [-0.39, 0.29) is 17.2 Å². The molecule has 0 aliphatic carbocycles. The molecule has 0 aliphatic rings. The minimum atomic E-state index is -3.82. The molecule has 0 spiro atoms. The van der Waals surface area contributed by atoms with E-state index >= 15 is 0 Å². The van der Waals surface area contributed by atoms with Crippen LogP contribution in [0.25, 0.3) is 5.69 Å². The van der Waals surface area contributed by atoms with Crippen molar-refractivity contribution < 1.29 is 13.2 Å². The number of sulfonamides is 1. The molecule has 0 radical (unpaired) electrons. The lowest BCUT2D eigenvalue weighted by Crippen LogP contribution is -2.30. The van der Waals surface area contributed by atoms with E-state index in [1.165, 1.54) is 23.4 Å². The van der Waals surface area contributed by atoms with Gasteiger partial charge in [0.25, 0.3) is 10.0 Å². The van der Waals surface area contributed by atoms with Crippen molar-refractivity contribution in [3.8, 4) is 5.69 Å². The van der Waals surface area contributed by atoms with Gasteiger partial charge in [-0.15, -0.1) is 5.11 Å². The molecule has 4 rings (SSSR count). The van der Waals surface area contributed by atoms with Crippen molar-refractivity contribution in [3.63, 3.8) is 0 Å². The Morgan fingerprint density at radius 1 is 0.972 bits per heavy atom. The fraction of sp³-hybridized carbons (Fsp3) is 0.154. The highest BCUT2D eigenvalue weighted by Crippen LogP contribution is 2.31. The number of azo groups is 1. The van der Waals surface area contributed by atoms with Crippen molar-refractivity contribution >= 4 is 38.7 Å². The van der Waals surface area contributed by atoms with Gasteiger partial charge in [-0.05, 0) is 81.4 Å². The summed E-state index contributed by atoms with van der Waals surface area (Å²) in [5.74, 6) is 0.276. The van der Waals surface area contributed by atoms with Crippen LogP contribution in [-0.2, 0) is 10.0 Å². The number of rotatable bonds is 8. The van der Waals surface area contributed by atoms with Gasteiger partial charge in [0.1, 0.15) is 0 Å². The maximum atomic E-state index is 13.3. The molecule has 36 heavy (non-hydrogen) atoms. The number of aryl methyl sites for hydroxylation is 1. The van der Waals surface area contributed by atoms with Crippen molar-refractivity contribution in [1.29, 1.82) is 0 Å². The first-order valence-corrected chi connectivity index (χ1v) is 12.7. The number of nitrogens with zero attached hydrogens (tertiary/aromatic N) is 5. The van der Waals surface area contributed by atoms with Gasteiger partial charge in [-0.1, -0.05) is 18.2 Å². The van der Waals surface area contributed by atoms with E-state index in [1.807, 2.05) is 30.3 Å². The summed E-state index contributed by atoms with van der Waals surface area (Å²) in [5, 5.41) is 12.9. The lowest BCUT2D eigenvalue weighted by molar-refractivity contribution is 0.101. The number of anilines is 2. The van der Waals surface area contributed by atoms with E-state index < -0.39 is 10.0 Å². The van der Waals surface area contributed by atoms with Gasteiger partial charge < -0.3 is 5.73 Å². The molecule has 0 aliphatic heterocycles. The monoisotopic (exact) mass is 502 g/mol. The van der Waals surface area contributed by atoms with Crippen molar-refractivity contribution in [2.45, 2.75) is 25.7 Å². The number of carbonyl (C=O) groups is 1. The molecule has 0 saturated heterocycles. The van der Waals surface area contributed by atoms with E-state index in [0.29, 0.717) is 34.1 Å². The van der Waals surface area contributed by atoms with Gasteiger partial charge in [0.15, 0.2) is 17.3 Å². The Kier molecular flexibility index (Phi) is 6.98. The molecule has 10 heteroatoms. The number of nitrogens with two attached hydrogens (primary N) is 1. The normalized spacial score (nSPS) is 11.6. The van der Waals surface area contributed by atoms with Crippen LogP contribution in [0.15, 0.2) is 94.0 Å². The zero-order valence-electron chi connectivity index (χ0n) is 20.2. The number of carbonyl (C=O) groups excluding carboxylic acids is 1. The molecular formula is C26H26N6O3S. The lowest BCUT2D eigenvalue weighted by atomic mass is 10.1. The molecule has 1 heterocycles. The largest absolute Gasteiger partial charge is 0.382 e. The molecule has 9 nitrogen and oxygen atoms in total. The number of nitrogen functional groups attached to an aromatic ring is 1. The molecule has 0 bridgehead atoms. The fourth-order valence-electron chi connectivity index (χ4n) is 3.70. The Labute approximate surface area is 210 Å². The SMILES string of the molecule is CCN(c1ccc(C(C)=O)cc1)S(=O)(=O)c1ccc(N=Nc2c(C)nn(-c3ccccc3)c2N)cc1. The van der Waals surface area contributed by atoms with Crippen LogP contribution in [0.3, 0.4) is 0 Å². The highest BCUT2D eigenvalue weighted by molar-refractivity contribution is 7.92. The summed E-state index contributed by atoms with van der Waals surface area (Å²) < 4.78 is 29.4. The number of hydrogen-bond donors (Lipinski definition) is 1. The van der Waals surface area contributed by atoms with Crippen LogP contribution in [0.2, 0.25) is 0 Å². The zero-order valence-corrected chi connectivity index (χ0v) is 21.0. The second-order valence-electron chi connectivity index (χ2n) is 8.03. The zero-order chi connectivity index (χ0) is 25.9. The van der Waals surface area contributed by atoms with E-state index in [2.05, 4.69) is 15.3 Å². The Morgan fingerprint density at radius 3 is 2.19 bits per heavy atom. The summed E-state index contributed by atoms with van der Waals surface area (Å²) in [7, 11) is -3.82. The maximum absolute atomic E-state index is 13.3. The topological polar surface area (TPSA) is 123 Å². The van der Waals surface area contributed by atoms with E-state index in [4.69, 9.17) is 5.73 Å². The van der Waals surface area contributed by atoms with Crippen LogP contribution < -0.4 is 10.0 Å². The molecule has 3 aromatic carbocycles. The van der Waals surface area contributed by atoms with Gasteiger partial charge >= 0.3 is 0 Å². The average Bonchev–Trinajstić information content (AvgIpc) is 3.17. The van der Waals surface area contributed by atoms with E-state index in [9.17, 15) is 13.2 Å². The third-order valence-electron chi connectivity index (χ3n) is 5.60. The molecular weight excluding hydrogens is 476 g/mol. The molecule has 0 saturated carbocycles. The Hall–Kier alpha value is -4.31. The smallest absolute Gasteiger partial charge is 0.264 e. The van der Waals surface area contributed by atoms with Crippen molar-refractivity contribution in [1.82, 2.24) is 9.78 Å². The van der Waals surface area contributed by atoms with Crippen molar-refractivity contribution in [2.24, 2.45) is 10.2 Å². The lowest BCUT2D eigenvalue weighted by Gasteiger charge is -2.23. The van der Waals surface area contributed by atoms with Gasteiger partial charge in [-0.2, -0.15) is 10.2 Å². The predicted octanol–water partition coefficient (Wildman–Crippen LogP) is 5.60. The van der Waals surface area contributed by atoms with Crippen molar-refractivity contribution in [2.75, 3.05) is 16.6 Å². The van der Waals surface area contributed by atoms with Crippen LogP contribution in [-0.4, -0.2) is 30.5 Å². The quantitative estimate of drug-likeness (QED) is 0.248. The Morgan fingerprint density at radius 2 is 1.61 bits per heavy atom. The first kappa shape index (κ1) is 24.8. The molecule has 4 aromatic rings. The van der Waals surface area contributed by atoms with Crippen LogP contribution in [0.4, 0.5) is 22.9 Å². The van der Waals surface area contributed by atoms with Gasteiger partial charge in [0.2, 0.25) is 0 Å². The highest BCUT2D eigenvalue weighted by Gasteiger charge is 2.23.